The van der Waals surface area contributed by atoms with E-state index in [1.54, 1.807) is 18.7 Å². The number of morpholine rings is 1. The van der Waals surface area contributed by atoms with E-state index in [0.29, 0.717) is 32.7 Å². The number of nitrogens with one attached hydrogen (secondary N) is 3. The lowest BCUT2D eigenvalue weighted by atomic mass is 9.83. The van der Waals surface area contributed by atoms with Crippen LogP contribution in [-0.2, 0) is 30.3 Å². The number of aliphatic hydroxyl groups is 1. The van der Waals surface area contributed by atoms with Crippen LogP contribution in [-0.4, -0.2) is 102 Å². The zero-order chi connectivity index (χ0) is 31.2. The van der Waals surface area contributed by atoms with Gasteiger partial charge in [0.25, 0.3) is 0 Å². The second-order valence-electron chi connectivity index (χ2n) is 11.6. The van der Waals surface area contributed by atoms with Crippen LogP contribution in [0.15, 0.2) is 30.3 Å². The fraction of sp³-hybridized carbons (Fsp3) is 0.677. The molecule has 12 heteroatoms. The predicted octanol–water partition coefficient (Wildman–Crippen LogP) is 2.26. The van der Waals surface area contributed by atoms with E-state index in [4.69, 9.17) is 9.47 Å². The lowest BCUT2D eigenvalue weighted by molar-refractivity contribution is -0.159. The summed E-state index contributed by atoms with van der Waals surface area (Å²) in [6.45, 7) is 5.11. The summed E-state index contributed by atoms with van der Waals surface area (Å²) in [6, 6.07) is 6.23. The van der Waals surface area contributed by atoms with Gasteiger partial charge >= 0.3 is 12.0 Å². The number of nitrogens with zero attached hydrogens (tertiary/aromatic N) is 1. The number of urea groups is 1. The zero-order valence-electron chi connectivity index (χ0n) is 25.6. The van der Waals surface area contributed by atoms with Crippen molar-refractivity contribution in [2.24, 2.45) is 5.92 Å². The number of benzene rings is 1. The minimum Gasteiger partial charge on any atom is -0.461 e. The average molecular weight is 621 g/mol. The summed E-state index contributed by atoms with van der Waals surface area (Å²) >= 11 is 1.38. The van der Waals surface area contributed by atoms with Crippen LogP contribution in [0, 0.1) is 5.92 Å². The molecule has 0 spiro atoms. The third-order valence-corrected chi connectivity index (χ3v) is 8.44. The first kappa shape index (κ1) is 34.7. The third-order valence-electron chi connectivity index (χ3n) is 7.78. The highest BCUT2D eigenvalue weighted by Crippen LogP contribution is 2.28. The van der Waals surface area contributed by atoms with Gasteiger partial charge in [0.1, 0.15) is 12.1 Å². The van der Waals surface area contributed by atoms with E-state index in [1.807, 2.05) is 36.6 Å². The van der Waals surface area contributed by atoms with Gasteiger partial charge in [-0.3, -0.25) is 9.59 Å². The van der Waals surface area contributed by atoms with Crippen molar-refractivity contribution in [3.05, 3.63) is 35.9 Å². The maximum Gasteiger partial charge on any atom is 0.337 e. The minimum atomic E-state index is -1.53. The van der Waals surface area contributed by atoms with Crippen molar-refractivity contribution in [2.75, 3.05) is 38.3 Å². The van der Waals surface area contributed by atoms with Crippen LogP contribution in [0.1, 0.15) is 57.9 Å². The number of esters is 1. The summed E-state index contributed by atoms with van der Waals surface area (Å²) in [5.74, 6) is -1.26. The van der Waals surface area contributed by atoms with Crippen LogP contribution in [0.3, 0.4) is 0 Å². The maximum atomic E-state index is 13.6. The van der Waals surface area contributed by atoms with Gasteiger partial charge in [-0.15, -0.1) is 0 Å². The smallest absolute Gasteiger partial charge is 0.337 e. The minimum absolute atomic E-state index is 0.237. The lowest BCUT2D eigenvalue weighted by Gasteiger charge is -2.31. The Balaban J connectivity index is 1.74. The molecule has 4 amide bonds. The van der Waals surface area contributed by atoms with Gasteiger partial charge in [0.05, 0.1) is 25.4 Å². The van der Waals surface area contributed by atoms with Gasteiger partial charge in [0.2, 0.25) is 11.8 Å². The van der Waals surface area contributed by atoms with E-state index >= 15 is 0 Å². The van der Waals surface area contributed by atoms with Crippen molar-refractivity contribution in [3.8, 4) is 0 Å². The van der Waals surface area contributed by atoms with E-state index in [0.717, 1.165) is 37.7 Å². The molecule has 2 aliphatic rings. The van der Waals surface area contributed by atoms with Crippen molar-refractivity contribution < 1.29 is 33.8 Å². The molecule has 4 N–H and O–H groups in total. The van der Waals surface area contributed by atoms with Crippen molar-refractivity contribution in [1.29, 1.82) is 0 Å². The van der Waals surface area contributed by atoms with Crippen molar-refractivity contribution in [3.63, 3.8) is 0 Å². The molecule has 1 saturated carbocycles. The first-order chi connectivity index (χ1) is 20.7. The normalized spacial score (nSPS) is 18.7. The molecule has 1 aliphatic heterocycles. The Morgan fingerprint density at radius 1 is 0.977 bits per heavy atom. The van der Waals surface area contributed by atoms with E-state index in [9.17, 15) is 24.3 Å². The molecular formula is C31H48N4O7S. The van der Waals surface area contributed by atoms with E-state index < -0.39 is 48.1 Å². The first-order valence-electron chi connectivity index (χ1n) is 15.3. The summed E-state index contributed by atoms with van der Waals surface area (Å²) in [6.07, 6.45) is 5.78. The van der Waals surface area contributed by atoms with Gasteiger partial charge in [-0.25, -0.2) is 9.59 Å². The molecule has 0 bridgehead atoms. The van der Waals surface area contributed by atoms with Crippen LogP contribution in [0.25, 0.3) is 0 Å². The van der Waals surface area contributed by atoms with Crippen LogP contribution < -0.4 is 16.0 Å². The highest BCUT2D eigenvalue weighted by atomic mass is 32.2. The van der Waals surface area contributed by atoms with Gasteiger partial charge in [-0.05, 0) is 38.0 Å². The molecule has 240 valence electrons. The van der Waals surface area contributed by atoms with Crippen LogP contribution in [0.4, 0.5) is 4.79 Å². The highest BCUT2D eigenvalue weighted by Gasteiger charge is 2.35. The molecule has 0 radical (unpaired) electrons. The molecule has 1 aliphatic carbocycles. The molecule has 2 fully saturated rings. The van der Waals surface area contributed by atoms with Gasteiger partial charge in [0.15, 0.2) is 6.10 Å². The average Bonchev–Trinajstić information content (AvgIpc) is 3.00. The van der Waals surface area contributed by atoms with E-state index in [2.05, 4.69) is 16.0 Å². The number of rotatable bonds is 14. The Morgan fingerprint density at radius 3 is 2.26 bits per heavy atom. The molecule has 1 aromatic rings. The molecule has 4 atom stereocenters. The third kappa shape index (κ3) is 11.6. The van der Waals surface area contributed by atoms with Crippen molar-refractivity contribution >= 4 is 35.6 Å². The molecule has 1 saturated heterocycles. The molecular weight excluding hydrogens is 572 g/mol. The maximum absolute atomic E-state index is 13.6. The second kappa shape index (κ2) is 18.1. The molecule has 3 rings (SSSR count). The van der Waals surface area contributed by atoms with Gasteiger partial charge in [-0.1, -0.05) is 62.4 Å². The van der Waals surface area contributed by atoms with Gasteiger partial charge < -0.3 is 35.4 Å². The van der Waals surface area contributed by atoms with Gasteiger partial charge in [0, 0.05) is 25.3 Å². The number of hydrogen-bond donors (Lipinski definition) is 4. The largest absolute Gasteiger partial charge is 0.461 e. The fourth-order valence-electron chi connectivity index (χ4n) is 5.49. The number of ether oxygens (including phenoxy) is 2. The Labute approximate surface area is 259 Å². The van der Waals surface area contributed by atoms with E-state index in [-0.39, 0.29) is 24.1 Å². The topological polar surface area (TPSA) is 146 Å². The number of aliphatic hydroxyl groups excluding tert-OH is 1. The Morgan fingerprint density at radius 2 is 1.63 bits per heavy atom. The van der Waals surface area contributed by atoms with Gasteiger partial charge in [-0.2, -0.15) is 11.8 Å². The number of amides is 4. The summed E-state index contributed by atoms with van der Waals surface area (Å²) in [5.41, 5.74) is 0.857. The predicted molar refractivity (Wildman–Crippen MR) is 166 cm³/mol. The monoisotopic (exact) mass is 620 g/mol. The molecule has 43 heavy (non-hydrogen) atoms. The SMILES string of the molecule is CSCC(NC(=O)C(Cc1ccccc1)NC(=O)N1CCOCC1)C(=O)NC(CC1CCCCC1)C(O)C(=O)OC(C)C. The molecule has 4 unspecified atom stereocenters. The number of thioether (sulfide) groups is 1. The fourth-order valence-corrected chi connectivity index (χ4v) is 6.05. The molecule has 1 heterocycles. The van der Waals surface area contributed by atoms with E-state index in [1.165, 1.54) is 11.8 Å². The molecule has 11 nitrogen and oxygen atoms in total. The van der Waals surface area contributed by atoms with Crippen LogP contribution in [0.5, 0.6) is 0 Å². The Kier molecular flexibility index (Phi) is 14.6. The number of hydrogen-bond acceptors (Lipinski definition) is 8. The lowest BCUT2D eigenvalue weighted by Crippen LogP contribution is -2.59. The quantitative estimate of drug-likeness (QED) is 0.232. The second-order valence-corrected chi connectivity index (χ2v) is 12.5. The van der Waals surface area contributed by atoms with Crippen molar-refractivity contribution in [1.82, 2.24) is 20.9 Å². The summed E-state index contributed by atoms with van der Waals surface area (Å²) in [4.78, 5) is 54.5. The number of carbonyl (C=O) groups excluding carboxylic acids is 4. The highest BCUT2D eigenvalue weighted by molar-refractivity contribution is 7.98. The Bertz CT molecular complexity index is 1030. The van der Waals surface area contributed by atoms with Crippen molar-refractivity contribution in [2.45, 2.75) is 89.1 Å². The summed E-state index contributed by atoms with van der Waals surface area (Å²) in [5, 5.41) is 19.5. The standard InChI is InChI=1S/C31H48N4O7S/c1-21(2)42-30(39)27(36)24(18-22-10-6-4-7-11-22)32-29(38)26(20-43-3)33-28(37)25(19-23-12-8-5-9-13-23)34-31(40)35-14-16-41-17-15-35/h5,8-9,12-13,21-22,24-27,36H,4,6-7,10-11,14-20H2,1-3H3,(H,32,38)(H,33,37)(H,34,40). The summed E-state index contributed by atoms with van der Waals surface area (Å²) in [7, 11) is 0. The summed E-state index contributed by atoms with van der Waals surface area (Å²) < 4.78 is 10.6. The number of carbonyl (C=O) groups is 4. The Hall–Kier alpha value is -2.83. The zero-order valence-corrected chi connectivity index (χ0v) is 26.4. The first-order valence-corrected chi connectivity index (χ1v) is 16.7. The molecule has 0 aromatic heterocycles. The van der Waals surface area contributed by atoms with Crippen LogP contribution >= 0.6 is 11.8 Å². The molecule has 1 aromatic carbocycles. The van der Waals surface area contributed by atoms with Crippen LogP contribution in [0.2, 0.25) is 0 Å².